The summed E-state index contributed by atoms with van der Waals surface area (Å²) in [6, 6.07) is 8.30. The van der Waals surface area contributed by atoms with Crippen molar-refractivity contribution in [1.29, 1.82) is 0 Å². The third-order valence-electron chi connectivity index (χ3n) is 3.59. The standard InChI is InChI=1S/C14H20ClNO/c1-10(13-5-3-4-6-14(13)15)16-9-12-7-8-17-11(12)2/h3-6,10-12,16H,7-9H2,1-2H3. The second-order valence-electron chi connectivity index (χ2n) is 4.78. The van der Waals surface area contributed by atoms with E-state index in [0.29, 0.717) is 12.0 Å². The molecule has 1 fully saturated rings. The Kier molecular flexibility index (Phi) is 4.43. The van der Waals surface area contributed by atoms with E-state index in [-0.39, 0.29) is 6.04 Å². The molecule has 0 radical (unpaired) electrons. The molecular formula is C14H20ClNO. The van der Waals surface area contributed by atoms with Crippen molar-refractivity contribution < 1.29 is 4.74 Å². The van der Waals surface area contributed by atoms with Crippen molar-refractivity contribution in [3.05, 3.63) is 34.9 Å². The highest BCUT2D eigenvalue weighted by atomic mass is 35.5. The van der Waals surface area contributed by atoms with Crippen LogP contribution >= 0.6 is 11.6 Å². The summed E-state index contributed by atoms with van der Waals surface area (Å²) in [5, 5.41) is 4.38. The molecule has 1 saturated heterocycles. The first-order valence-electron chi connectivity index (χ1n) is 6.28. The normalized spacial score (nSPS) is 26.1. The van der Waals surface area contributed by atoms with Crippen molar-refractivity contribution in [3.8, 4) is 0 Å². The van der Waals surface area contributed by atoms with Gasteiger partial charge in [0.15, 0.2) is 0 Å². The molecule has 2 nitrogen and oxygen atoms in total. The molecular weight excluding hydrogens is 234 g/mol. The molecule has 3 heteroatoms. The summed E-state index contributed by atoms with van der Waals surface area (Å²) in [6.45, 7) is 6.20. The summed E-state index contributed by atoms with van der Waals surface area (Å²) in [7, 11) is 0. The van der Waals surface area contributed by atoms with Crippen LogP contribution in [0, 0.1) is 5.92 Å². The van der Waals surface area contributed by atoms with Crippen molar-refractivity contribution in [2.75, 3.05) is 13.2 Å². The van der Waals surface area contributed by atoms with Crippen LogP contribution in [-0.4, -0.2) is 19.3 Å². The fraction of sp³-hybridized carbons (Fsp3) is 0.571. The Hall–Kier alpha value is -0.570. The van der Waals surface area contributed by atoms with Crippen LogP contribution in [0.4, 0.5) is 0 Å². The lowest BCUT2D eigenvalue weighted by atomic mass is 10.0. The van der Waals surface area contributed by atoms with Crippen LogP contribution in [0.2, 0.25) is 5.02 Å². The minimum absolute atomic E-state index is 0.288. The number of ether oxygens (including phenoxy) is 1. The second kappa shape index (κ2) is 5.85. The summed E-state index contributed by atoms with van der Waals surface area (Å²) >= 11 is 6.18. The van der Waals surface area contributed by atoms with E-state index in [9.17, 15) is 0 Å². The lowest BCUT2D eigenvalue weighted by molar-refractivity contribution is 0.105. The highest BCUT2D eigenvalue weighted by molar-refractivity contribution is 6.31. The summed E-state index contributed by atoms with van der Waals surface area (Å²) in [6.07, 6.45) is 1.53. The quantitative estimate of drug-likeness (QED) is 0.888. The molecule has 1 aliphatic rings. The first-order valence-corrected chi connectivity index (χ1v) is 6.65. The maximum atomic E-state index is 6.18. The molecule has 0 spiro atoms. The van der Waals surface area contributed by atoms with Gasteiger partial charge in [0.2, 0.25) is 0 Å². The third-order valence-corrected chi connectivity index (χ3v) is 3.94. The van der Waals surface area contributed by atoms with Crippen LogP contribution in [0.25, 0.3) is 0 Å². The Morgan fingerprint density at radius 2 is 2.24 bits per heavy atom. The monoisotopic (exact) mass is 253 g/mol. The van der Waals surface area contributed by atoms with Gasteiger partial charge >= 0.3 is 0 Å². The van der Waals surface area contributed by atoms with Crippen LogP contribution in [-0.2, 0) is 4.74 Å². The van der Waals surface area contributed by atoms with Crippen LogP contribution in [0.1, 0.15) is 31.9 Å². The molecule has 1 heterocycles. The molecule has 3 unspecified atom stereocenters. The van der Waals surface area contributed by atoms with E-state index in [1.165, 1.54) is 5.56 Å². The van der Waals surface area contributed by atoms with Gasteiger partial charge in [-0.3, -0.25) is 0 Å². The smallest absolute Gasteiger partial charge is 0.0588 e. The Bertz CT molecular complexity index is 369. The molecule has 0 bridgehead atoms. The van der Waals surface area contributed by atoms with Crippen molar-refractivity contribution >= 4 is 11.6 Å². The third kappa shape index (κ3) is 3.21. The zero-order chi connectivity index (χ0) is 12.3. The molecule has 94 valence electrons. The molecule has 0 saturated carbocycles. The second-order valence-corrected chi connectivity index (χ2v) is 5.18. The van der Waals surface area contributed by atoms with Crippen LogP contribution < -0.4 is 5.32 Å². The van der Waals surface area contributed by atoms with Gasteiger partial charge in [-0.05, 0) is 37.8 Å². The van der Waals surface area contributed by atoms with Crippen LogP contribution in [0.3, 0.4) is 0 Å². The fourth-order valence-electron chi connectivity index (χ4n) is 2.31. The summed E-state index contributed by atoms with van der Waals surface area (Å²) < 4.78 is 5.56. The molecule has 17 heavy (non-hydrogen) atoms. The van der Waals surface area contributed by atoms with Crippen LogP contribution in [0.15, 0.2) is 24.3 Å². The molecule has 0 aliphatic carbocycles. The van der Waals surface area contributed by atoms with Crippen molar-refractivity contribution in [3.63, 3.8) is 0 Å². The van der Waals surface area contributed by atoms with Gasteiger partial charge in [0.25, 0.3) is 0 Å². The van der Waals surface area contributed by atoms with Gasteiger partial charge in [-0.2, -0.15) is 0 Å². The van der Waals surface area contributed by atoms with Gasteiger partial charge in [-0.25, -0.2) is 0 Å². The lowest BCUT2D eigenvalue weighted by Crippen LogP contribution is -2.29. The maximum Gasteiger partial charge on any atom is 0.0588 e. The van der Waals surface area contributed by atoms with E-state index in [1.807, 2.05) is 18.2 Å². The number of nitrogens with one attached hydrogen (secondary N) is 1. The number of rotatable bonds is 4. The number of hydrogen-bond donors (Lipinski definition) is 1. The van der Waals surface area contributed by atoms with E-state index in [0.717, 1.165) is 24.6 Å². The van der Waals surface area contributed by atoms with Crippen molar-refractivity contribution in [2.45, 2.75) is 32.4 Å². The zero-order valence-electron chi connectivity index (χ0n) is 10.4. The molecule has 1 aliphatic heterocycles. The molecule has 1 N–H and O–H groups in total. The summed E-state index contributed by atoms with van der Waals surface area (Å²) in [5.41, 5.74) is 1.17. The molecule has 1 aromatic carbocycles. The van der Waals surface area contributed by atoms with E-state index >= 15 is 0 Å². The molecule has 0 amide bonds. The minimum atomic E-state index is 0.288. The fourth-order valence-corrected chi connectivity index (χ4v) is 2.61. The van der Waals surface area contributed by atoms with Crippen LogP contribution in [0.5, 0.6) is 0 Å². The molecule has 2 rings (SSSR count). The van der Waals surface area contributed by atoms with E-state index in [4.69, 9.17) is 16.3 Å². The molecule has 0 aromatic heterocycles. The highest BCUT2D eigenvalue weighted by Crippen LogP contribution is 2.24. The predicted octanol–water partition coefficient (Wildman–Crippen LogP) is 3.42. The zero-order valence-corrected chi connectivity index (χ0v) is 11.2. The van der Waals surface area contributed by atoms with Gasteiger partial charge in [-0.15, -0.1) is 0 Å². The summed E-state index contributed by atoms with van der Waals surface area (Å²) in [5.74, 6) is 0.625. The lowest BCUT2D eigenvalue weighted by Gasteiger charge is -2.20. The first kappa shape index (κ1) is 12.9. The van der Waals surface area contributed by atoms with E-state index < -0.39 is 0 Å². The maximum absolute atomic E-state index is 6.18. The number of benzene rings is 1. The largest absolute Gasteiger partial charge is 0.378 e. The molecule has 1 aromatic rings. The highest BCUT2D eigenvalue weighted by Gasteiger charge is 2.24. The van der Waals surface area contributed by atoms with E-state index in [1.54, 1.807) is 0 Å². The van der Waals surface area contributed by atoms with Gasteiger partial charge < -0.3 is 10.1 Å². The predicted molar refractivity (Wildman–Crippen MR) is 71.4 cm³/mol. The number of hydrogen-bond acceptors (Lipinski definition) is 2. The van der Waals surface area contributed by atoms with Gasteiger partial charge in [0.1, 0.15) is 0 Å². The van der Waals surface area contributed by atoms with Gasteiger partial charge in [-0.1, -0.05) is 29.8 Å². The molecule has 3 atom stereocenters. The Morgan fingerprint density at radius 1 is 1.47 bits per heavy atom. The summed E-state index contributed by atoms with van der Waals surface area (Å²) in [4.78, 5) is 0. The van der Waals surface area contributed by atoms with Crippen molar-refractivity contribution in [1.82, 2.24) is 5.32 Å². The van der Waals surface area contributed by atoms with Crippen molar-refractivity contribution in [2.24, 2.45) is 5.92 Å². The Balaban J connectivity index is 1.89. The Morgan fingerprint density at radius 3 is 2.88 bits per heavy atom. The minimum Gasteiger partial charge on any atom is -0.378 e. The van der Waals surface area contributed by atoms with Gasteiger partial charge in [0.05, 0.1) is 6.10 Å². The van der Waals surface area contributed by atoms with Gasteiger partial charge in [0, 0.05) is 24.2 Å². The Labute approximate surface area is 108 Å². The average Bonchev–Trinajstić information content (AvgIpc) is 2.72. The first-order chi connectivity index (χ1) is 8.18. The SMILES string of the molecule is CC(NCC1CCOC1C)c1ccccc1Cl. The number of halogens is 1. The topological polar surface area (TPSA) is 21.3 Å². The average molecular weight is 254 g/mol. The van der Waals surface area contributed by atoms with E-state index in [2.05, 4.69) is 25.2 Å².